The van der Waals surface area contributed by atoms with Crippen LogP contribution in [0.2, 0.25) is 5.02 Å². The number of rotatable bonds is 14. The molecule has 1 heterocycles. The van der Waals surface area contributed by atoms with Crippen LogP contribution in [0.1, 0.15) is 38.5 Å². The van der Waals surface area contributed by atoms with Crippen molar-refractivity contribution in [3.8, 4) is 23.0 Å². The number of carbonyl (C=O) groups excluding carboxylic acids is 3. The van der Waals surface area contributed by atoms with Gasteiger partial charge in [0.05, 0.1) is 24.9 Å². The summed E-state index contributed by atoms with van der Waals surface area (Å²) in [6.45, 7) is 0.369. The van der Waals surface area contributed by atoms with Gasteiger partial charge in [-0.2, -0.15) is 0 Å². The van der Waals surface area contributed by atoms with E-state index in [4.69, 9.17) is 25.8 Å². The van der Waals surface area contributed by atoms with Crippen LogP contribution < -0.4 is 48.8 Å². The van der Waals surface area contributed by atoms with Gasteiger partial charge in [0.2, 0.25) is 11.8 Å². The number of amides is 2. The summed E-state index contributed by atoms with van der Waals surface area (Å²) in [6, 6.07) is 15.4. The standard InChI is InChI=1S/C33H31ClFN3O7.Li/c1-43-27-18-22-24(19-28(27)44-17-4-2-3-8-29(39)40)36-16-13-25(22)45-26-7-5-6-23(30(26)34)38-32(42)33(14-15-33)31(41)37-21-11-9-20(35)10-12-21;/h5-7,9-13,16,18-19H,2-4,8,14-15,17H2,1H3,(H,37,41)(H,38,42)(H,39,40);/q;+1/p-1. The fraction of sp³-hybridized carbons (Fsp3) is 0.273. The molecular formula is C33H30ClFLiN3O7. The number of nitrogens with zero attached hydrogens (tertiary/aromatic N) is 1. The predicted molar refractivity (Wildman–Crippen MR) is 164 cm³/mol. The molecule has 1 aliphatic rings. The minimum Gasteiger partial charge on any atom is -0.550 e. The summed E-state index contributed by atoms with van der Waals surface area (Å²) in [6.07, 6.45) is 4.17. The Balaban J connectivity index is 0.00000480. The Hall–Kier alpha value is -4.30. The molecule has 234 valence electrons. The summed E-state index contributed by atoms with van der Waals surface area (Å²) in [7, 11) is 1.51. The third kappa shape index (κ3) is 8.09. The third-order valence-corrected chi connectivity index (χ3v) is 7.81. The number of anilines is 2. The smallest absolute Gasteiger partial charge is 0.550 e. The number of carbonyl (C=O) groups is 3. The van der Waals surface area contributed by atoms with Crippen LogP contribution in [0, 0.1) is 11.2 Å². The Labute approximate surface area is 281 Å². The van der Waals surface area contributed by atoms with Gasteiger partial charge in [-0.1, -0.05) is 17.7 Å². The first-order valence-electron chi connectivity index (χ1n) is 14.3. The molecule has 2 N–H and O–H groups in total. The molecule has 10 nitrogen and oxygen atoms in total. The molecule has 0 bridgehead atoms. The number of pyridine rings is 1. The molecule has 5 rings (SSSR count). The van der Waals surface area contributed by atoms with Gasteiger partial charge < -0.3 is 34.7 Å². The second-order valence-electron chi connectivity index (χ2n) is 10.6. The number of hydrogen-bond donors (Lipinski definition) is 2. The number of aliphatic carboxylic acids is 1. The molecule has 46 heavy (non-hydrogen) atoms. The summed E-state index contributed by atoms with van der Waals surface area (Å²) >= 11 is 6.67. The van der Waals surface area contributed by atoms with Gasteiger partial charge in [0.15, 0.2) is 11.5 Å². The second kappa shape index (κ2) is 15.3. The zero-order valence-corrected chi connectivity index (χ0v) is 26.1. The normalized spacial score (nSPS) is 12.8. The van der Waals surface area contributed by atoms with Crippen LogP contribution in [-0.2, 0) is 14.4 Å². The van der Waals surface area contributed by atoms with Crippen LogP contribution in [0.4, 0.5) is 15.8 Å². The minimum atomic E-state index is -1.26. The van der Waals surface area contributed by atoms with Crippen molar-refractivity contribution in [1.29, 1.82) is 0 Å². The largest absolute Gasteiger partial charge is 1.00 e. The van der Waals surface area contributed by atoms with E-state index in [1.165, 1.54) is 31.4 Å². The average Bonchev–Trinajstić information content (AvgIpc) is 3.84. The minimum absolute atomic E-state index is 0. The van der Waals surface area contributed by atoms with Gasteiger partial charge in [-0.05, 0) is 87.1 Å². The maximum Gasteiger partial charge on any atom is 1.00 e. The van der Waals surface area contributed by atoms with Crippen LogP contribution in [0.15, 0.2) is 66.9 Å². The first kappa shape index (κ1) is 34.6. The molecule has 0 unspecified atom stereocenters. The number of carboxylic acids is 1. The number of fused-ring (bicyclic) bond motifs is 1. The topological polar surface area (TPSA) is 139 Å². The van der Waals surface area contributed by atoms with E-state index in [2.05, 4.69) is 15.6 Å². The van der Waals surface area contributed by atoms with Gasteiger partial charge in [0.1, 0.15) is 27.8 Å². The zero-order chi connectivity index (χ0) is 32.0. The Bertz CT molecular complexity index is 1730. The van der Waals surface area contributed by atoms with Crippen molar-refractivity contribution in [3.05, 3.63) is 77.7 Å². The molecule has 4 aromatic rings. The Kier molecular flexibility index (Phi) is 11.5. The molecule has 0 aliphatic heterocycles. The van der Waals surface area contributed by atoms with Crippen molar-refractivity contribution in [1.82, 2.24) is 4.98 Å². The molecule has 0 radical (unpaired) electrons. The SMILES string of the molecule is COc1cc2c(Oc3cccc(NC(=O)C4(C(=O)Nc5ccc(F)cc5)CC4)c3Cl)ccnc2cc1OCCCCCC(=O)[O-].[Li+]. The van der Waals surface area contributed by atoms with Crippen molar-refractivity contribution < 1.29 is 57.0 Å². The number of halogens is 2. The number of aromatic nitrogens is 1. The van der Waals surface area contributed by atoms with Crippen LogP contribution in [0.3, 0.4) is 0 Å². The molecule has 0 spiro atoms. The molecule has 13 heteroatoms. The van der Waals surface area contributed by atoms with Gasteiger partial charge in [0, 0.05) is 29.3 Å². The number of hydrogen-bond acceptors (Lipinski definition) is 8. The van der Waals surface area contributed by atoms with Gasteiger partial charge in [-0.15, -0.1) is 0 Å². The van der Waals surface area contributed by atoms with Crippen LogP contribution in [-0.4, -0.2) is 36.5 Å². The quantitative estimate of drug-likeness (QED) is 0.122. The van der Waals surface area contributed by atoms with Crippen LogP contribution in [0.25, 0.3) is 10.9 Å². The first-order valence-corrected chi connectivity index (χ1v) is 14.7. The maximum absolute atomic E-state index is 13.2. The molecule has 2 amide bonds. The van der Waals surface area contributed by atoms with Gasteiger partial charge >= 0.3 is 18.9 Å². The molecule has 0 saturated heterocycles. The fourth-order valence-corrected chi connectivity index (χ4v) is 4.94. The maximum atomic E-state index is 13.2. The van der Waals surface area contributed by atoms with E-state index in [9.17, 15) is 23.9 Å². The molecule has 0 atom stereocenters. The second-order valence-corrected chi connectivity index (χ2v) is 11.0. The molecule has 3 aromatic carbocycles. The van der Waals surface area contributed by atoms with Crippen molar-refractivity contribution in [2.45, 2.75) is 38.5 Å². The number of ether oxygens (including phenoxy) is 3. The van der Waals surface area contributed by atoms with Crippen molar-refractivity contribution in [2.75, 3.05) is 24.4 Å². The molecular weight excluding hydrogens is 612 g/mol. The summed E-state index contributed by atoms with van der Waals surface area (Å²) in [5, 5.41) is 16.8. The molecule has 1 aliphatic carbocycles. The Morgan fingerprint density at radius 1 is 0.935 bits per heavy atom. The molecule has 1 aromatic heterocycles. The number of methoxy groups -OCH3 is 1. The molecule has 1 fully saturated rings. The van der Waals surface area contributed by atoms with Gasteiger partial charge in [-0.25, -0.2) is 4.39 Å². The number of unbranched alkanes of at least 4 members (excludes halogenated alkanes) is 2. The van der Waals surface area contributed by atoms with E-state index in [1.807, 2.05) is 0 Å². The molecule has 1 saturated carbocycles. The van der Waals surface area contributed by atoms with Gasteiger partial charge in [-0.3, -0.25) is 14.6 Å². The Morgan fingerprint density at radius 2 is 1.67 bits per heavy atom. The van der Waals surface area contributed by atoms with E-state index >= 15 is 0 Å². The Morgan fingerprint density at radius 3 is 2.37 bits per heavy atom. The summed E-state index contributed by atoms with van der Waals surface area (Å²) in [5.74, 6) is -0.861. The number of benzene rings is 3. The van der Waals surface area contributed by atoms with Crippen molar-refractivity contribution in [3.63, 3.8) is 0 Å². The van der Waals surface area contributed by atoms with E-state index in [0.717, 1.165) is 0 Å². The number of nitrogens with one attached hydrogen (secondary N) is 2. The summed E-state index contributed by atoms with van der Waals surface area (Å²) < 4.78 is 30.8. The van der Waals surface area contributed by atoms with E-state index in [-0.39, 0.29) is 41.7 Å². The third-order valence-electron chi connectivity index (χ3n) is 7.42. The van der Waals surface area contributed by atoms with Crippen molar-refractivity contribution in [2.24, 2.45) is 5.41 Å². The van der Waals surface area contributed by atoms with Gasteiger partial charge in [0.25, 0.3) is 0 Å². The fourth-order valence-electron chi connectivity index (χ4n) is 4.73. The van der Waals surface area contributed by atoms with Crippen molar-refractivity contribution >= 4 is 51.7 Å². The number of carboxylic acid groups (broad SMARTS) is 1. The monoisotopic (exact) mass is 641 g/mol. The van der Waals surface area contributed by atoms with E-state index in [1.54, 1.807) is 42.6 Å². The van der Waals surface area contributed by atoms with Crippen LogP contribution >= 0.6 is 11.6 Å². The average molecular weight is 642 g/mol. The van der Waals surface area contributed by atoms with E-state index in [0.29, 0.717) is 72.5 Å². The zero-order valence-electron chi connectivity index (χ0n) is 25.4. The summed E-state index contributed by atoms with van der Waals surface area (Å²) in [4.78, 5) is 41.2. The summed E-state index contributed by atoms with van der Waals surface area (Å²) in [5.41, 5.74) is -0.0306. The predicted octanol–water partition coefficient (Wildman–Crippen LogP) is 2.88. The van der Waals surface area contributed by atoms with Crippen LogP contribution in [0.5, 0.6) is 23.0 Å². The van der Waals surface area contributed by atoms with E-state index < -0.39 is 29.0 Å². The first-order chi connectivity index (χ1) is 21.7.